The molecule has 1 aromatic carbocycles. The standard InChI is InChI=1S/C19H17ClFN5O2S/c1-3-26-8-11(10(2)24-26)15-9-29-19(22-15)23-18(27)16-7-14(25-28-16)17-12(20)5-4-6-13(17)21/h4-6,8-9,16H,3,7H2,1-2H3,(H,22,23,27). The Morgan fingerprint density at radius 3 is 3.03 bits per heavy atom. The second-order valence-corrected chi connectivity index (χ2v) is 7.71. The highest BCUT2D eigenvalue weighted by Crippen LogP contribution is 2.29. The van der Waals surface area contributed by atoms with E-state index in [9.17, 15) is 9.18 Å². The zero-order valence-electron chi connectivity index (χ0n) is 15.6. The normalized spacial score (nSPS) is 15.9. The first-order chi connectivity index (χ1) is 14.0. The molecule has 29 heavy (non-hydrogen) atoms. The first-order valence-corrected chi connectivity index (χ1v) is 10.2. The van der Waals surface area contributed by atoms with Gasteiger partial charge in [-0.2, -0.15) is 5.10 Å². The van der Waals surface area contributed by atoms with Gasteiger partial charge in [-0.05, 0) is 26.0 Å². The maximum atomic E-state index is 14.1. The molecule has 0 fully saturated rings. The van der Waals surface area contributed by atoms with E-state index in [1.54, 1.807) is 6.07 Å². The molecule has 0 spiro atoms. The van der Waals surface area contributed by atoms with Gasteiger partial charge in [0, 0.05) is 30.1 Å². The predicted molar refractivity (Wildman–Crippen MR) is 110 cm³/mol. The van der Waals surface area contributed by atoms with Crippen molar-refractivity contribution in [3.05, 3.63) is 51.9 Å². The number of hydrogen-bond donors (Lipinski definition) is 1. The molecule has 0 saturated heterocycles. The molecule has 2 aromatic heterocycles. The lowest BCUT2D eigenvalue weighted by Gasteiger charge is -2.07. The van der Waals surface area contributed by atoms with E-state index in [1.165, 1.54) is 23.5 Å². The van der Waals surface area contributed by atoms with Crippen molar-refractivity contribution in [3.63, 3.8) is 0 Å². The lowest BCUT2D eigenvalue weighted by molar-refractivity contribution is -0.125. The highest BCUT2D eigenvalue weighted by Gasteiger charge is 2.31. The predicted octanol–water partition coefficient (Wildman–Crippen LogP) is 4.26. The molecule has 1 aliphatic heterocycles. The fourth-order valence-electron chi connectivity index (χ4n) is 3.01. The Kier molecular flexibility index (Phi) is 5.33. The minimum absolute atomic E-state index is 0.118. The number of halogens is 2. The second-order valence-electron chi connectivity index (χ2n) is 6.44. The Labute approximate surface area is 175 Å². The highest BCUT2D eigenvalue weighted by atomic mass is 35.5. The molecule has 10 heteroatoms. The number of carbonyl (C=O) groups is 1. The summed E-state index contributed by atoms with van der Waals surface area (Å²) in [5.41, 5.74) is 2.99. The lowest BCUT2D eigenvalue weighted by Crippen LogP contribution is -2.28. The first kappa shape index (κ1) is 19.5. The fourth-order valence-corrected chi connectivity index (χ4v) is 4.00. The van der Waals surface area contributed by atoms with Crippen LogP contribution in [0.25, 0.3) is 11.3 Å². The summed E-state index contributed by atoms with van der Waals surface area (Å²) < 4.78 is 15.9. The van der Waals surface area contributed by atoms with Crippen LogP contribution in [0, 0.1) is 12.7 Å². The SMILES string of the molecule is CCn1cc(-c2csc(NC(=O)C3CC(c4c(F)cccc4Cl)=NO3)n2)c(C)n1. The number of carbonyl (C=O) groups excluding carboxylic acids is 1. The largest absolute Gasteiger partial charge is 0.382 e. The minimum Gasteiger partial charge on any atom is -0.382 e. The third-order valence-corrected chi connectivity index (χ3v) is 5.57. The topological polar surface area (TPSA) is 81.4 Å². The van der Waals surface area contributed by atoms with Crippen molar-refractivity contribution >= 4 is 39.7 Å². The summed E-state index contributed by atoms with van der Waals surface area (Å²) in [4.78, 5) is 22.2. The Morgan fingerprint density at radius 2 is 2.31 bits per heavy atom. The average molecular weight is 434 g/mol. The summed E-state index contributed by atoms with van der Waals surface area (Å²) in [6.45, 7) is 4.69. The van der Waals surface area contributed by atoms with Gasteiger partial charge in [-0.3, -0.25) is 14.8 Å². The number of nitrogens with one attached hydrogen (secondary N) is 1. The third kappa shape index (κ3) is 3.88. The number of aryl methyl sites for hydroxylation is 2. The van der Waals surface area contributed by atoms with Crippen LogP contribution in [0.1, 0.15) is 24.6 Å². The van der Waals surface area contributed by atoms with Gasteiger partial charge in [-0.1, -0.05) is 22.8 Å². The molecule has 1 aliphatic rings. The maximum absolute atomic E-state index is 14.1. The number of amides is 1. The van der Waals surface area contributed by atoms with Crippen LogP contribution in [0.4, 0.5) is 9.52 Å². The molecule has 1 N–H and O–H groups in total. The van der Waals surface area contributed by atoms with Crippen LogP contribution in [0.15, 0.2) is 34.9 Å². The number of thiazole rings is 1. The van der Waals surface area contributed by atoms with Gasteiger partial charge in [-0.25, -0.2) is 9.37 Å². The van der Waals surface area contributed by atoms with Crippen molar-refractivity contribution in [2.45, 2.75) is 32.9 Å². The summed E-state index contributed by atoms with van der Waals surface area (Å²) in [5.74, 6) is -0.911. The summed E-state index contributed by atoms with van der Waals surface area (Å²) in [5, 5.41) is 13.5. The highest BCUT2D eigenvalue weighted by molar-refractivity contribution is 7.14. The maximum Gasteiger partial charge on any atom is 0.270 e. The van der Waals surface area contributed by atoms with Gasteiger partial charge in [0.1, 0.15) is 5.82 Å². The molecule has 0 aliphatic carbocycles. The molecular weight excluding hydrogens is 417 g/mol. The molecule has 3 heterocycles. The Hall–Kier alpha value is -2.78. The van der Waals surface area contributed by atoms with Gasteiger partial charge in [-0.15, -0.1) is 11.3 Å². The van der Waals surface area contributed by atoms with Crippen LogP contribution in [-0.4, -0.2) is 32.5 Å². The molecule has 4 rings (SSSR count). The fraction of sp³-hybridized carbons (Fsp3) is 0.263. The Balaban J connectivity index is 1.43. The molecule has 0 radical (unpaired) electrons. The van der Waals surface area contributed by atoms with Crippen molar-refractivity contribution in [2.24, 2.45) is 5.16 Å². The van der Waals surface area contributed by atoms with E-state index in [2.05, 4.69) is 20.6 Å². The van der Waals surface area contributed by atoms with Crippen LogP contribution in [0.2, 0.25) is 5.02 Å². The number of hydrogen-bond acceptors (Lipinski definition) is 6. The minimum atomic E-state index is -0.877. The van der Waals surface area contributed by atoms with Gasteiger partial charge < -0.3 is 4.84 Å². The number of nitrogens with zero attached hydrogens (tertiary/aromatic N) is 4. The van der Waals surface area contributed by atoms with E-state index in [-0.39, 0.29) is 17.0 Å². The smallest absolute Gasteiger partial charge is 0.270 e. The van der Waals surface area contributed by atoms with Crippen LogP contribution in [0.5, 0.6) is 0 Å². The van der Waals surface area contributed by atoms with Gasteiger partial charge in [0.25, 0.3) is 5.91 Å². The van der Waals surface area contributed by atoms with Crippen molar-refractivity contribution in [2.75, 3.05) is 5.32 Å². The first-order valence-electron chi connectivity index (χ1n) is 8.94. The van der Waals surface area contributed by atoms with Crippen molar-refractivity contribution in [3.8, 4) is 11.3 Å². The summed E-state index contributed by atoms with van der Waals surface area (Å²) in [7, 11) is 0. The van der Waals surface area contributed by atoms with E-state index >= 15 is 0 Å². The molecule has 1 unspecified atom stereocenters. The number of rotatable bonds is 5. The number of aromatic nitrogens is 3. The monoisotopic (exact) mass is 433 g/mol. The Bertz CT molecular complexity index is 1090. The molecular formula is C19H17ClFN5O2S. The zero-order chi connectivity index (χ0) is 20.5. The zero-order valence-corrected chi connectivity index (χ0v) is 17.2. The molecule has 150 valence electrons. The lowest BCUT2D eigenvalue weighted by atomic mass is 10.0. The number of benzene rings is 1. The molecule has 1 atom stereocenters. The van der Waals surface area contributed by atoms with Crippen LogP contribution >= 0.6 is 22.9 Å². The van der Waals surface area contributed by atoms with Gasteiger partial charge in [0.15, 0.2) is 5.13 Å². The second kappa shape index (κ2) is 7.92. The quantitative estimate of drug-likeness (QED) is 0.651. The van der Waals surface area contributed by atoms with Crippen molar-refractivity contribution in [1.82, 2.24) is 14.8 Å². The van der Waals surface area contributed by atoms with Gasteiger partial charge in [0.2, 0.25) is 6.10 Å². The summed E-state index contributed by atoms with van der Waals surface area (Å²) >= 11 is 7.37. The number of anilines is 1. The Morgan fingerprint density at radius 1 is 1.48 bits per heavy atom. The van der Waals surface area contributed by atoms with Crippen molar-refractivity contribution in [1.29, 1.82) is 0 Å². The van der Waals surface area contributed by atoms with Crippen LogP contribution in [0.3, 0.4) is 0 Å². The summed E-state index contributed by atoms with van der Waals surface area (Å²) in [6.07, 6.45) is 1.17. The van der Waals surface area contributed by atoms with E-state index < -0.39 is 17.8 Å². The van der Waals surface area contributed by atoms with Gasteiger partial charge >= 0.3 is 0 Å². The molecule has 7 nitrogen and oxygen atoms in total. The van der Waals surface area contributed by atoms with Crippen LogP contribution < -0.4 is 5.32 Å². The van der Waals surface area contributed by atoms with Crippen molar-refractivity contribution < 1.29 is 14.0 Å². The van der Waals surface area contributed by atoms with E-state index in [0.29, 0.717) is 10.8 Å². The molecule has 0 saturated carbocycles. The van der Waals surface area contributed by atoms with E-state index in [4.69, 9.17) is 16.4 Å². The van der Waals surface area contributed by atoms with Crippen LogP contribution in [-0.2, 0) is 16.2 Å². The third-order valence-electron chi connectivity index (χ3n) is 4.49. The molecule has 3 aromatic rings. The van der Waals surface area contributed by atoms with E-state index in [1.807, 2.05) is 30.1 Å². The molecule has 1 amide bonds. The molecule has 0 bridgehead atoms. The summed E-state index contributed by atoms with van der Waals surface area (Å²) in [6, 6.07) is 4.36. The van der Waals surface area contributed by atoms with E-state index in [0.717, 1.165) is 23.5 Å². The number of oxime groups is 1. The average Bonchev–Trinajstić information content (AvgIpc) is 3.41. The van der Waals surface area contributed by atoms with Gasteiger partial charge in [0.05, 0.1) is 27.7 Å².